The molecule has 0 N–H and O–H groups in total. The molecule has 0 radical (unpaired) electrons. The zero-order valence-electron chi connectivity index (χ0n) is 5.54. The first-order chi connectivity index (χ1) is 3.50. The summed E-state index contributed by atoms with van der Waals surface area (Å²) >= 11 is 0. The molecule has 0 fully saturated rings. The van der Waals surface area contributed by atoms with Gasteiger partial charge in [-0.05, 0) is 12.8 Å². The van der Waals surface area contributed by atoms with Crippen molar-refractivity contribution >= 4 is 0 Å². The SMILES string of the molecule is CC(C)C(C)(F)CF. The zero-order chi connectivity index (χ0) is 6.78. The number of alkyl halides is 2. The lowest BCUT2D eigenvalue weighted by molar-refractivity contribution is 0.0878. The van der Waals surface area contributed by atoms with Gasteiger partial charge in [-0.15, -0.1) is 0 Å². The smallest absolute Gasteiger partial charge is 0.138 e. The molecule has 1 unspecified atom stereocenters. The highest BCUT2D eigenvalue weighted by atomic mass is 19.2. The molecule has 0 aromatic rings. The van der Waals surface area contributed by atoms with Crippen molar-refractivity contribution in [2.75, 3.05) is 6.67 Å². The fourth-order valence-electron chi connectivity index (χ4n) is 0.154. The molecule has 0 nitrogen and oxygen atoms in total. The summed E-state index contributed by atoms with van der Waals surface area (Å²) in [6.07, 6.45) is 0. The predicted octanol–water partition coefficient (Wildman–Crippen LogP) is 2.34. The van der Waals surface area contributed by atoms with Crippen LogP contribution in [0.4, 0.5) is 8.78 Å². The van der Waals surface area contributed by atoms with Gasteiger partial charge in [0.1, 0.15) is 12.3 Å². The van der Waals surface area contributed by atoms with Crippen molar-refractivity contribution in [3.05, 3.63) is 0 Å². The Balaban J connectivity index is 3.71. The second-order valence-electron chi connectivity index (χ2n) is 2.57. The summed E-state index contributed by atoms with van der Waals surface area (Å²) < 4.78 is 24.2. The Labute approximate surface area is 48.9 Å². The number of rotatable bonds is 2. The topological polar surface area (TPSA) is 0 Å². The fourth-order valence-corrected chi connectivity index (χ4v) is 0.154. The maximum Gasteiger partial charge on any atom is 0.138 e. The van der Waals surface area contributed by atoms with Crippen molar-refractivity contribution in [2.24, 2.45) is 5.92 Å². The zero-order valence-corrected chi connectivity index (χ0v) is 5.54. The van der Waals surface area contributed by atoms with Crippen molar-refractivity contribution in [1.82, 2.24) is 0 Å². The number of halogens is 2. The van der Waals surface area contributed by atoms with Crippen molar-refractivity contribution in [2.45, 2.75) is 26.4 Å². The molecule has 50 valence electrons. The number of hydrogen-bond acceptors (Lipinski definition) is 0. The first-order valence-electron chi connectivity index (χ1n) is 2.75. The van der Waals surface area contributed by atoms with Crippen molar-refractivity contribution in [3.8, 4) is 0 Å². The van der Waals surface area contributed by atoms with Crippen molar-refractivity contribution < 1.29 is 8.78 Å². The second kappa shape index (κ2) is 2.42. The van der Waals surface area contributed by atoms with Gasteiger partial charge in [0.25, 0.3) is 0 Å². The highest BCUT2D eigenvalue weighted by Crippen LogP contribution is 2.20. The molecule has 0 amide bonds. The Kier molecular flexibility index (Phi) is 2.38. The highest BCUT2D eigenvalue weighted by molar-refractivity contribution is 4.75. The minimum absolute atomic E-state index is 0.229. The Morgan fingerprint density at radius 1 is 1.50 bits per heavy atom. The Bertz CT molecular complexity index is 66.9. The monoisotopic (exact) mass is 122 g/mol. The molecule has 0 aliphatic carbocycles. The summed E-state index contributed by atoms with van der Waals surface area (Å²) in [5, 5.41) is 0. The summed E-state index contributed by atoms with van der Waals surface area (Å²) in [6, 6.07) is 0. The molecule has 0 saturated carbocycles. The van der Waals surface area contributed by atoms with Gasteiger partial charge in [0.15, 0.2) is 0 Å². The van der Waals surface area contributed by atoms with Crippen molar-refractivity contribution in [1.29, 1.82) is 0 Å². The highest BCUT2D eigenvalue weighted by Gasteiger charge is 2.26. The predicted molar refractivity (Wildman–Crippen MR) is 30.3 cm³/mol. The Hall–Kier alpha value is -0.140. The first-order valence-corrected chi connectivity index (χ1v) is 2.75. The van der Waals surface area contributed by atoms with Gasteiger partial charge in [0, 0.05) is 0 Å². The van der Waals surface area contributed by atoms with Crippen molar-refractivity contribution in [3.63, 3.8) is 0 Å². The molecule has 0 rings (SSSR count). The minimum atomic E-state index is -1.62. The van der Waals surface area contributed by atoms with E-state index in [1.807, 2.05) is 0 Å². The van der Waals surface area contributed by atoms with Crippen LogP contribution in [0, 0.1) is 5.92 Å². The molecule has 0 aromatic heterocycles. The Morgan fingerprint density at radius 3 is 1.88 bits per heavy atom. The largest absolute Gasteiger partial charge is 0.248 e. The quantitative estimate of drug-likeness (QED) is 0.527. The summed E-state index contributed by atoms with van der Waals surface area (Å²) in [4.78, 5) is 0. The third-order valence-corrected chi connectivity index (χ3v) is 1.47. The van der Waals surface area contributed by atoms with E-state index in [4.69, 9.17) is 0 Å². The molecule has 0 aliphatic heterocycles. The van der Waals surface area contributed by atoms with Crippen LogP contribution < -0.4 is 0 Å². The van der Waals surface area contributed by atoms with Crippen LogP contribution in [-0.2, 0) is 0 Å². The van der Waals surface area contributed by atoms with Gasteiger partial charge in [-0.25, -0.2) is 8.78 Å². The van der Waals surface area contributed by atoms with Crippen LogP contribution in [-0.4, -0.2) is 12.3 Å². The van der Waals surface area contributed by atoms with Crippen LogP contribution in [0.2, 0.25) is 0 Å². The Morgan fingerprint density at radius 2 is 1.88 bits per heavy atom. The normalized spacial score (nSPS) is 18.8. The van der Waals surface area contributed by atoms with E-state index in [0.29, 0.717) is 0 Å². The van der Waals surface area contributed by atoms with E-state index < -0.39 is 12.3 Å². The van der Waals surface area contributed by atoms with Crippen LogP contribution in [0.25, 0.3) is 0 Å². The van der Waals surface area contributed by atoms with E-state index in [9.17, 15) is 8.78 Å². The molecule has 0 spiro atoms. The third kappa shape index (κ3) is 1.76. The lowest BCUT2D eigenvalue weighted by Gasteiger charge is -2.19. The van der Waals surface area contributed by atoms with Gasteiger partial charge in [-0.1, -0.05) is 13.8 Å². The van der Waals surface area contributed by atoms with Gasteiger partial charge in [0.05, 0.1) is 0 Å². The minimum Gasteiger partial charge on any atom is -0.248 e. The van der Waals surface area contributed by atoms with Gasteiger partial charge >= 0.3 is 0 Å². The molecule has 0 aliphatic rings. The van der Waals surface area contributed by atoms with Crippen LogP contribution in [0.5, 0.6) is 0 Å². The molecule has 8 heavy (non-hydrogen) atoms. The molecule has 2 heteroatoms. The van der Waals surface area contributed by atoms with E-state index >= 15 is 0 Å². The molecule has 0 heterocycles. The molecular weight excluding hydrogens is 110 g/mol. The molecular formula is C6H12F2. The maximum absolute atomic E-state index is 12.6. The fraction of sp³-hybridized carbons (Fsp3) is 1.00. The van der Waals surface area contributed by atoms with E-state index in [1.165, 1.54) is 6.92 Å². The lowest BCUT2D eigenvalue weighted by atomic mass is 9.96. The van der Waals surface area contributed by atoms with Crippen LogP contribution >= 0.6 is 0 Å². The average molecular weight is 122 g/mol. The van der Waals surface area contributed by atoms with Gasteiger partial charge in [-0.2, -0.15) is 0 Å². The summed E-state index contributed by atoms with van der Waals surface area (Å²) in [6.45, 7) is 3.72. The maximum atomic E-state index is 12.6. The molecule has 0 aromatic carbocycles. The van der Waals surface area contributed by atoms with Crippen LogP contribution in [0.15, 0.2) is 0 Å². The van der Waals surface area contributed by atoms with Gasteiger partial charge in [0.2, 0.25) is 0 Å². The van der Waals surface area contributed by atoms with E-state index in [2.05, 4.69) is 0 Å². The van der Waals surface area contributed by atoms with E-state index in [1.54, 1.807) is 13.8 Å². The first kappa shape index (κ1) is 7.86. The third-order valence-electron chi connectivity index (χ3n) is 1.47. The second-order valence-corrected chi connectivity index (χ2v) is 2.57. The standard InChI is InChI=1S/C6H12F2/c1-5(2)6(3,8)4-7/h5H,4H2,1-3H3. The summed E-state index contributed by atoms with van der Waals surface area (Å²) in [5.74, 6) is -0.229. The van der Waals surface area contributed by atoms with Gasteiger partial charge in [-0.3, -0.25) is 0 Å². The summed E-state index contributed by atoms with van der Waals surface area (Å²) in [7, 11) is 0. The molecule has 0 bridgehead atoms. The van der Waals surface area contributed by atoms with E-state index in [0.717, 1.165) is 0 Å². The van der Waals surface area contributed by atoms with Gasteiger partial charge < -0.3 is 0 Å². The molecule has 0 saturated heterocycles. The molecule has 1 atom stereocenters. The number of hydrogen-bond donors (Lipinski definition) is 0. The van der Waals surface area contributed by atoms with E-state index in [-0.39, 0.29) is 5.92 Å². The summed E-state index contributed by atoms with van der Waals surface area (Å²) in [5.41, 5.74) is -1.62. The van der Waals surface area contributed by atoms with Crippen LogP contribution in [0.3, 0.4) is 0 Å². The lowest BCUT2D eigenvalue weighted by Crippen LogP contribution is -2.27. The van der Waals surface area contributed by atoms with Crippen LogP contribution in [0.1, 0.15) is 20.8 Å². The average Bonchev–Trinajstić information content (AvgIpc) is 1.67.